The lowest BCUT2D eigenvalue weighted by Gasteiger charge is -2.00. The summed E-state index contributed by atoms with van der Waals surface area (Å²) < 4.78 is 4.65. The molecular weight excluding hydrogens is 188 g/mol. The molecule has 0 saturated heterocycles. The number of hydrogen-bond donors (Lipinski definition) is 2. The van der Waals surface area contributed by atoms with Crippen LogP contribution in [0.2, 0.25) is 0 Å². The molecule has 0 radical (unpaired) electrons. The topological polar surface area (TPSA) is 92.0 Å². The van der Waals surface area contributed by atoms with Crippen molar-refractivity contribution in [3.63, 3.8) is 0 Å². The standard InChI is InChI=1S/C8H10N2O4/c1-4(11)7-6(3-14-5(2)12)9-8(13)10-7/h3H2,1-2H3,(H2,9,10,13). The first-order valence-electron chi connectivity index (χ1n) is 3.96. The number of aromatic amines is 2. The summed E-state index contributed by atoms with van der Waals surface area (Å²) in [5, 5.41) is 0. The Morgan fingerprint density at radius 1 is 1.29 bits per heavy atom. The summed E-state index contributed by atoms with van der Waals surface area (Å²) >= 11 is 0. The number of carbonyl (C=O) groups excluding carboxylic acids is 2. The zero-order chi connectivity index (χ0) is 10.7. The summed E-state index contributed by atoms with van der Waals surface area (Å²) in [7, 11) is 0. The van der Waals surface area contributed by atoms with E-state index < -0.39 is 11.7 Å². The molecule has 1 rings (SSSR count). The molecule has 1 aromatic rings. The lowest BCUT2D eigenvalue weighted by Crippen LogP contribution is -2.04. The van der Waals surface area contributed by atoms with Gasteiger partial charge in [-0.2, -0.15) is 0 Å². The molecule has 0 bridgehead atoms. The molecule has 0 amide bonds. The average Bonchev–Trinajstić information content (AvgIpc) is 2.43. The van der Waals surface area contributed by atoms with Crippen LogP contribution >= 0.6 is 0 Å². The van der Waals surface area contributed by atoms with Crippen molar-refractivity contribution >= 4 is 11.8 Å². The summed E-state index contributed by atoms with van der Waals surface area (Å²) in [4.78, 5) is 37.0. The largest absolute Gasteiger partial charge is 0.459 e. The molecule has 2 N–H and O–H groups in total. The Morgan fingerprint density at radius 2 is 1.93 bits per heavy atom. The monoisotopic (exact) mass is 198 g/mol. The van der Waals surface area contributed by atoms with Gasteiger partial charge in [0, 0.05) is 13.8 Å². The molecule has 0 aromatic carbocycles. The van der Waals surface area contributed by atoms with Gasteiger partial charge in [-0.1, -0.05) is 0 Å². The lowest BCUT2D eigenvalue weighted by molar-refractivity contribution is -0.142. The van der Waals surface area contributed by atoms with Crippen LogP contribution in [0.3, 0.4) is 0 Å². The molecular formula is C8H10N2O4. The maximum absolute atomic E-state index is 11.0. The number of carbonyl (C=O) groups is 2. The predicted octanol–water partition coefficient (Wildman–Crippen LogP) is -0.0313. The van der Waals surface area contributed by atoms with E-state index in [4.69, 9.17) is 0 Å². The minimum absolute atomic E-state index is 0.108. The van der Waals surface area contributed by atoms with Gasteiger partial charge in [0.25, 0.3) is 0 Å². The van der Waals surface area contributed by atoms with Crippen molar-refractivity contribution < 1.29 is 14.3 Å². The Hall–Kier alpha value is -1.85. The minimum atomic E-state index is -0.489. The molecule has 0 aliphatic heterocycles. The van der Waals surface area contributed by atoms with Crippen LogP contribution in [-0.2, 0) is 16.1 Å². The highest BCUT2D eigenvalue weighted by atomic mass is 16.5. The number of aromatic nitrogens is 2. The molecule has 0 aliphatic carbocycles. The fourth-order valence-corrected chi connectivity index (χ4v) is 1.00. The molecule has 0 atom stereocenters. The normalized spacial score (nSPS) is 9.86. The van der Waals surface area contributed by atoms with Gasteiger partial charge >= 0.3 is 11.7 Å². The Morgan fingerprint density at radius 3 is 2.43 bits per heavy atom. The van der Waals surface area contributed by atoms with Crippen LogP contribution in [0.15, 0.2) is 4.79 Å². The van der Waals surface area contributed by atoms with Crippen LogP contribution in [0, 0.1) is 0 Å². The zero-order valence-corrected chi connectivity index (χ0v) is 7.84. The Labute approximate surface area is 79.3 Å². The molecule has 6 nitrogen and oxygen atoms in total. The minimum Gasteiger partial charge on any atom is -0.459 e. The van der Waals surface area contributed by atoms with Crippen molar-refractivity contribution in [2.24, 2.45) is 0 Å². The number of hydrogen-bond acceptors (Lipinski definition) is 4. The zero-order valence-electron chi connectivity index (χ0n) is 7.84. The highest BCUT2D eigenvalue weighted by Gasteiger charge is 2.11. The number of H-pyrrole nitrogens is 2. The van der Waals surface area contributed by atoms with Gasteiger partial charge in [0.15, 0.2) is 5.78 Å². The van der Waals surface area contributed by atoms with Gasteiger partial charge in [0.2, 0.25) is 0 Å². The van der Waals surface area contributed by atoms with Gasteiger partial charge in [0.05, 0.1) is 5.69 Å². The molecule has 0 aliphatic rings. The third kappa shape index (κ3) is 2.32. The second-order valence-corrected chi connectivity index (χ2v) is 2.77. The summed E-state index contributed by atoms with van der Waals surface area (Å²) in [5.41, 5.74) is -0.0497. The van der Waals surface area contributed by atoms with Crippen LogP contribution in [0.1, 0.15) is 30.0 Å². The Kier molecular flexibility index (Phi) is 2.85. The number of esters is 1. The van der Waals surface area contributed by atoms with Gasteiger partial charge in [-0.25, -0.2) is 4.79 Å². The van der Waals surface area contributed by atoms with Gasteiger partial charge < -0.3 is 14.7 Å². The molecule has 1 aromatic heterocycles. The molecule has 0 unspecified atom stereocenters. The van der Waals surface area contributed by atoms with Crippen LogP contribution in [0.4, 0.5) is 0 Å². The molecule has 0 fully saturated rings. The van der Waals surface area contributed by atoms with E-state index in [1.165, 1.54) is 13.8 Å². The number of imidazole rings is 1. The van der Waals surface area contributed by atoms with Crippen LogP contribution in [0.5, 0.6) is 0 Å². The highest BCUT2D eigenvalue weighted by molar-refractivity contribution is 5.93. The van der Waals surface area contributed by atoms with Crippen molar-refractivity contribution in [2.45, 2.75) is 20.5 Å². The number of ketones is 1. The molecule has 0 spiro atoms. The highest BCUT2D eigenvalue weighted by Crippen LogP contribution is 2.02. The summed E-state index contributed by atoms with van der Waals surface area (Å²) in [6, 6.07) is 0. The van der Waals surface area contributed by atoms with Crippen molar-refractivity contribution in [1.82, 2.24) is 9.97 Å². The van der Waals surface area contributed by atoms with Gasteiger partial charge in [-0.3, -0.25) is 9.59 Å². The number of nitrogens with one attached hydrogen (secondary N) is 2. The lowest BCUT2D eigenvalue weighted by atomic mass is 10.2. The second kappa shape index (κ2) is 3.91. The quantitative estimate of drug-likeness (QED) is 0.527. The van der Waals surface area contributed by atoms with Crippen molar-refractivity contribution in [3.05, 3.63) is 21.9 Å². The molecule has 14 heavy (non-hydrogen) atoms. The predicted molar refractivity (Wildman–Crippen MR) is 46.9 cm³/mol. The number of rotatable bonds is 3. The van der Waals surface area contributed by atoms with Gasteiger partial charge in [-0.15, -0.1) is 0 Å². The SMILES string of the molecule is CC(=O)OCc1[nH]c(=O)[nH]c1C(C)=O. The molecule has 1 heterocycles. The van der Waals surface area contributed by atoms with Crippen molar-refractivity contribution in [2.75, 3.05) is 0 Å². The first-order valence-corrected chi connectivity index (χ1v) is 3.96. The maximum Gasteiger partial charge on any atom is 0.323 e. The maximum atomic E-state index is 11.0. The van der Waals surface area contributed by atoms with E-state index >= 15 is 0 Å². The van der Waals surface area contributed by atoms with Crippen molar-refractivity contribution in [3.8, 4) is 0 Å². The van der Waals surface area contributed by atoms with E-state index in [0.717, 1.165) is 0 Å². The van der Waals surface area contributed by atoms with Crippen molar-refractivity contribution in [1.29, 1.82) is 0 Å². The van der Waals surface area contributed by atoms with Crippen LogP contribution in [0.25, 0.3) is 0 Å². The summed E-state index contributed by atoms with van der Waals surface area (Å²) in [6.07, 6.45) is 0. The fourth-order valence-electron chi connectivity index (χ4n) is 1.00. The van der Waals surface area contributed by atoms with E-state index in [-0.39, 0.29) is 23.8 Å². The summed E-state index contributed by atoms with van der Waals surface area (Å²) in [5.74, 6) is -0.757. The number of ether oxygens (including phenoxy) is 1. The van der Waals surface area contributed by atoms with Crippen LogP contribution < -0.4 is 5.69 Å². The Bertz CT molecular complexity index is 415. The third-order valence-electron chi connectivity index (χ3n) is 1.58. The van der Waals surface area contributed by atoms with E-state index in [2.05, 4.69) is 14.7 Å². The van der Waals surface area contributed by atoms with Gasteiger partial charge in [-0.05, 0) is 0 Å². The molecule has 6 heteroatoms. The molecule has 0 saturated carbocycles. The van der Waals surface area contributed by atoms with E-state index in [1.54, 1.807) is 0 Å². The fraction of sp³-hybridized carbons (Fsp3) is 0.375. The van der Waals surface area contributed by atoms with E-state index in [1.807, 2.05) is 0 Å². The first kappa shape index (κ1) is 10.2. The second-order valence-electron chi connectivity index (χ2n) is 2.77. The average molecular weight is 198 g/mol. The number of Topliss-reactive ketones (excluding diaryl/α,β-unsaturated/α-hetero) is 1. The third-order valence-corrected chi connectivity index (χ3v) is 1.58. The van der Waals surface area contributed by atoms with Gasteiger partial charge in [0.1, 0.15) is 12.3 Å². The van der Waals surface area contributed by atoms with Crippen LogP contribution in [-0.4, -0.2) is 21.7 Å². The summed E-state index contributed by atoms with van der Waals surface area (Å²) in [6.45, 7) is 2.46. The first-order chi connectivity index (χ1) is 6.50. The Balaban J connectivity index is 2.90. The smallest absolute Gasteiger partial charge is 0.323 e. The van der Waals surface area contributed by atoms with E-state index in [0.29, 0.717) is 0 Å². The van der Waals surface area contributed by atoms with E-state index in [9.17, 15) is 14.4 Å². The molecule has 76 valence electrons.